The number of aliphatic carboxylic acids is 3. The minimum Gasteiger partial charge on any atom is -0.544 e. The SMILES string of the molecule is CCCCCCCCCC/C=C/CCCC[N+](C(CCC)C(=O)[O-])(C(CCC)C(=O)O)C(CCC)C(=O)O. The number of unbranched alkanes of at least 4 members (excludes halogenated alkanes) is 10. The van der Waals surface area contributed by atoms with Gasteiger partial charge in [0.2, 0.25) is 0 Å². The van der Waals surface area contributed by atoms with Gasteiger partial charge in [-0.15, -0.1) is 0 Å². The van der Waals surface area contributed by atoms with Crippen molar-refractivity contribution in [1.29, 1.82) is 0 Å². The van der Waals surface area contributed by atoms with Crippen molar-refractivity contribution >= 4 is 17.9 Å². The van der Waals surface area contributed by atoms with Gasteiger partial charge in [-0.05, 0) is 44.9 Å². The number of nitrogens with zero attached hydrogens (tertiary/aromatic N) is 1. The maximum Gasteiger partial charge on any atom is 0.362 e. The second-order valence-corrected chi connectivity index (χ2v) is 10.9. The van der Waals surface area contributed by atoms with Gasteiger partial charge in [0.15, 0.2) is 12.1 Å². The minimum absolute atomic E-state index is 0.196. The highest BCUT2D eigenvalue weighted by molar-refractivity contribution is 5.77. The molecule has 0 bridgehead atoms. The fourth-order valence-corrected chi connectivity index (χ4v) is 5.91. The molecular formula is C31H57NO6. The van der Waals surface area contributed by atoms with Crippen LogP contribution in [-0.2, 0) is 14.4 Å². The highest BCUT2D eigenvalue weighted by atomic mass is 16.4. The van der Waals surface area contributed by atoms with E-state index in [1.807, 2.05) is 20.8 Å². The van der Waals surface area contributed by atoms with Crippen LogP contribution in [0.15, 0.2) is 12.2 Å². The lowest BCUT2D eigenvalue weighted by molar-refractivity contribution is -0.975. The first kappa shape index (κ1) is 36.1. The summed E-state index contributed by atoms with van der Waals surface area (Å²) in [6.07, 6.45) is 20.1. The molecule has 3 unspecified atom stereocenters. The topological polar surface area (TPSA) is 115 Å². The van der Waals surface area contributed by atoms with Gasteiger partial charge in [0, 0.05) is 19.3 Å². The number of carboxylic acids is 3. The van der Waals surface area contributed by atoms with Crippen LogP contribution >= 0.6 is 0 Å². The van der Waals surface area contributed by atoms with Crippen LogP contribution in [0.1, 0.15) is 143 Å². The number of carbonyl (C=O) groups is 3. The molecule has 0 aliphatic rings. The van der Waals surface area contributed by atoms with Gasteiger partial charge in [-0.2, -0.15) is 0 Å². The summed E-state index contributed by atoms with van der Waals surface area (Å²) in [5.74, 6) is -3.59. The van der Waals surface area contributed by atoms with Crippen molar-refractivity contribution in [2.24, 2.45) is 0 Å². The van der Waals surface area contributed by atoms with Crippen LogP contribution < -0.4 is 5.11 Å². The zero-order chi connectivity index (χ0) is 28.8. The smallest absolute Gasteiger partial charge is 0.362 e. The van der Waals surface area contributed by atoms with E-state index >= 15 is 0 Å². The summed E-state index contributed by atoms with van der Waals surface area (Å²) in [5, 5.41) is 32.9. The number of quaternary nitrogens is 1. The molecule has 7 nitrogen and oxygen atoms in total. The Morgan fingerprint density at radius 2 is 1.00 bits per heavy atom. The highest BCUT2D eigenvalue weighted by Crippen LogP contribution is 2.34. The molecule has 0 aromatic rings. The normalized spacial score (nSPS) is 15.7. The Kier molecular flexibility index (Phi) is 20.9. The summed E-state index contributed by atoms with van der Waals surface area (Å²) in [6.45, 7) is 7.99. The van der Waals surface area contributed by atoms with Gasteiger partial charge < -0.3 is 20.1 Å². The third-order valence-electron chi connectivity index (χ3n) is 7.83. The zero-order valence-electron chi connectivity index (χ0n) is 24.8. The van der Waals surface area contributed by atoms with Crippen LogP contribution in [0.5, 0.6) is 0 Å². The molecular weight excluding hydrogens is 482 g/mol. The van der Waals surface area contributed by atoms with E-state index in [-0.39, 0.29) is 25.8 Å². The molecule has 38 heavy (non-hydrogen) atoms. The van der Waals surface area contributed by atoms with Crippen molar-refractivity contribution in [3.8, 4) is 0 Å². The van der Waals surface area contributed by atoms with Crippen molar-refractivity contribution in [3.05, 3.63) is 12.2 Å². The van der Waals surface area contributed by atoms with Gasteiger partial charge in [0.05, 0.1) is 12.5 Å². The maximum atomic E-state index is 12.5. The number of carbonyl (C=O) groups excluding carboxylic acids is 1. The first-order chi connectivity index (χ1) is 18.2. The lowest BCUT2D eigenvalue weighted by Crippen LogP contribution is -2.74. The van der Waals surface area contributed by atoms with Gasteiger partial charge in [-0.3, -0.25) is 4.48 Å². The average Bonchev–Trinajstić information content (AvgIpc) is 2.87. The van der Waals surface area contributed by atoms with Crippen LogP contribution in [0.3, 0.4) is 0 Å². The predicted octanol–water partition coefficient (Wildman–Crippen LogP) is 6.49. The molecule has 7 heteroatoms. The van der Waals surface area contributed by atoms with E-state index < -0.39 is 40.5 Å². The lowest BCUT2D eigenvalue weighted by Gasteiger charge is -2.52. The molecule has 2 N–H and O–H groups in total. The van der Waals surface area contributed by atoms with Crippen LogP contribution in [0, 0.1) is 0 Å². The highest BCUT2D eigenvalue weighted by Gasteiger charge is 2.54. The Labute approximate surface area is 232 Å². The molecule has 3 atom stereocenters. The second kappa shape index (κ2) is 22.0. The molecule has 0 spiro atoms. The van der Waals surface area contributed by atoms with Gasteiger partial charge in [-0.25, -0.2) is 9.59 Å². The molecule has 0 saturated heterocycles. The van der Waals surface area contributed by atoms with Crippen molar-refractivity contribution in [3.63, 3.8) is 0 Å². The summed E-state index contributed by atoms with van der Waals surface area (Å²) >= 11 is 0. The largest absolute Gasteiger partial charge is 0.544 e. The number of hydrogen-bond acceptors (Lipinski definition) is 4. The molecule has 0 aromatic carbocycles. The minimum atomic E-state index is -1.35. The van der Waals surface area contributed by atoms with Crippen LogP contribution in [-0.4, -0.2) is 57.3 Å². The quantitative estimate of drug-likeness (QED) is 0.0738. The third kappa shape index (κ3) is 12.8. The van der Waals surface area contributed by atoms with Gasteiger partial charge in [-0.1, -0.05) is 91.2 Å². The van der Waals surface area contributed by atoms with Crippen LogP contribution in [0.4, 0.5) is 0 Å². The average molecular weight is 540 g/mol. The monoisotopic (exact) mass is 539 g/mol. The van der Waals surface area contributed by atoms with Gasteiger partial charge >= 0.3 is 11.9 Å². The number of hydrogen-bond donors (Lipinski definition) is 2. The number of carboxylic acid groups (broad SMARTS) is 3. The predicted molar refractivity (Wildman–Crippen MR) is 152 cm³/mol. The summed E-state index contributed by atoms with van der Waals surface area (Å²) < 4.78 is -0.454. The molecule has 0 aromatic heterocycles. The fraction of sp³-hybridized carbons (Fsp3) is 0.839. The van der Waals surface area contributed by atoms with Crippen molar-refractivity contribution in [1.82, 2.24) is 0 Å². The van der Waals surface area contributed by atoms with E-state index in [9.17, 15) is 29.7 Å². The Balaban J connectivity index is 5.41. The van der Waals surface area contributed by atoms with E-state index in [1.54, 1.807) is 0 Å². The molecule has 0 rings (SSSR count). The Bertz CT molecular complexity index is 617. The first-order valence-electron chi connectivity index (χ1n) is 15.4. The van der Waals surface area contributed by atoms with E-state index in [1.165, 1.54) is 51.4 Å². The number of rotatable bonds is 26. The molecule has 0 amide bonds. The van der Waals surface area contributed by atoms with Gasteiger partial charge in [0.1, 0.15) is 6.04 Å². The standard InChI is InChI=1S/C31H57NO6/c1-5-9-10-11-12-13-14-15-16-17-18-19-20-21-25-32(26(22-6-2)29(33)34,27(23-7-3)30(35)36)28(24-8-4)31(37)38/h17-18,26-28H,5-16,19-25H2,1-4H3,(H2-,33,34,35,36,37,38)/b18-17+. The molecule has 0 aliphatic carbocycles. The molecule has 222 valence electrons. The molecule has 0 aliphatic heterocycles. The molecule has 0 fully saturated rings. The Morgan fingerprint density at radius 3 is 1.39 bits per heavy atom. The Morgan fingerprint density at radius 1 is 0.605 bits per heavy atom. The fourth-order valence-electron chi connectivity index (χ4n) is 5.91. The van der Waals surface area contributed by atoms with Crippen molar-refractivity contribution in [2.75, 3.05) is 6.54 Å². The van der Waals surface area contributed by atoms with E-state index in [0.29, 0.717) is 25.7 Å². The molecule has 0 heterocycles. The summed E-state index contributed by atoms with van der Waals surface area (Å²) in [7, 11) is 0. The second-order valence-electron chi connectivity index (χ2n) is 10.9. The lowest BCUT2D eigenvalue weighted by atomic mass is 9.91. The number of allylic oxidation sites excluding steroid dienone is 2. The maximum absolute atomic E-state index is 12.5. The third-order valence-corrected chi connectivity index (χ3v) is 7.83. The van der Waals surface area contributed by atoms with Crippen LogP contribution in [0.25, 0.3) is 0 Å². The summed E-state index contributed by atoms with van der Waals surface area (Å²) in [4.78, 5) is 37.4. The summed E-state index contributed by atoms with van der Waals surface area (Å²) in [6, 6.07) is -3.36. The molecule has 0 saturated carbocycles. The Hall–Kier alpha value is -1.89. The zero-order valence-corrected chi connectivity index (χ0v) is 24.8. The van der Waals surface area contributed by atoms with E-state index in [2.05, 4.69) is 19.1 Å². The van der Waals surface area contributed by atoms with Crippen molar-refractivity contribution in [2.45, 2.75) is 161 Å². The molecule has 0 radical (unpaired) electrons. The van der Waals surface area contributed by atoms with Crippen LogP contribution in [0.2, 0.25) is 0 Å². The van der Waals surface area contributed by atoms with E-state index in [4.69, 9.17) is 0 Å². The van der Waals surface area contributed by atoms with Gasteiger partial charge in [0.25, 0.3) is 0 Å². The van der Waals surface area contributed by atoms with E-state index in [0.717, 1.165) is 19.3 Å². The first-order valence-corrected chi connectivity index (χ1v) is 15.4. The summed E-state index contributed by atoms with van der Waals surface area (Å²) in [5.41, 5.74) is 0. The van der Waals surface area contributed by atoms with Crippen molar-refractivity contribution < 1.29 is 34.2 Å².